The van der Waals surface area contributed by atoms with Gasteiger partial charge < -0.3 is 0 Å². The molecule has 6 heteroatoms. The molecule has 1 aromatic rings. The summed E-state index contributed by atoms with van der Waals surface area (Å²) in [4.78, 5) is 3.35. The lowest BCUT2D eigenvalue weighted by Crippen LogP contribution is -2.50. The van der Waals surface area contributed by atoms with Crippen molar-refractivity contribution in [2.24, 2.45) is 0 Å². The second-order valence-corrected chi connectivity index (χ2v) is 8.35. The summed E-state index contributed by atoms with van der Waals surface area (Å²) in [7, 11) is -3.27. The molecule has 102 valence electrons. The number of sulfonamides is 1. The van der Waals surface area contributed by atoms with Gasteiger partial charge in [-0.15, -0.1) is 11.3 Å². The topological polar surface area (TPSA) is 40.6 Å². The van der Waals surface area contributed by atoms with E-state index in [0.717, 1.165) is 18.0 Å². The highest BCUT2D eigenvalue weighted by Crippen LogP contribution is 2.25. The van der Waals surface area contributed by atoms with Crippen LogP contribution in [0.15, 0.2) is 16.3 Å². The van der Waals surface area contributed by atoms with Gasteiger partial charge in [-0.1, -0.05) is 0 Å². The van der Waals surface area contributed by atoms with E-state index in [4.69, 9.17) is 0 Å². The molecule has 0 radical (unpaired) electrons. The van der Waals surface area contributed by atoms with Crippen LogP contribution in [-0.2, 0) is 10.0 Å². The van der Waals surface area contributed by atoms with E-state index in [1.165, 1.54) is 11.3 Å². The summed E-state index contributed by atoms with van der Waals surface area (Å²) >= 11 is 1.35. The first kappa shape index (κ1) is 14.0. The van der Waals surface area contributed by atoms with Crippen molar-refractivity contribution in [3.63, 3.8) is 0 Å². The van der Waals surface area contributed by atoms with Crippen LogP contribution in [0.4, 0.5) is 0 Å². The van der Waals surface area contributed by atoms with Crippen LogP contribution >= 0.6 is 11.3 Å². The number of piperazine rings is 1. The number of aryl methyl sites for hydroxylation is 1. The molecule has 0 amide bonds. The molecule has 18 heavy (non-hydrogen) atoms. The molecule has 0 bridgehead atoms. The molecule has 1 fully saturated rings. The van der Waals surface area contributed by atoms with Crippen molar-refractivity contribution in [1.29, 1.82) is 0 Å². The van der Waals surface area contributed by atoms with E-state index in [9.17, 15) is 8.42 Å². The van der Waals surface area contributed by atoms with Crippen LogP contribution in [0, 0.1) is 6.92 Å². The number of hydrogen-bond donors (Lipinski definition) is 0. The number of hydrogen-bond acceptors (Lipinski definition) is 4. The van der Waals surface area contributed by atoms with Gasteiger partial charge in [-0.25, -0.2) is 8.42 Å². The van der Waals surface area contributed by atoms with E-state index in [-0.39, 0.29) is 0 Å². The van der Waals surface area contributed by atoms with Crippen molar-refractivity contribution in [3.8, 4) is 0 Å². The normalized spacial score (nSPS) is 19.6. The minimum atomic E-state index is -3.27. The Kier molecular flexibility index (Phi) is 4.11. The fourth-order valence-electron chi connectivity index (χ4n) is 2.14. The first-order chi connectivity index (χ1) is 8.41. The lowest BCUT2D eigenvalue weighted by Gasteiger charge is -2.35. The minimum absolute atomic E-state index is 0.470. The maximum absolute atomic E-state index is 12.4. The van der Waals surface area contributed by atoms with Gasteiger partial charge in [-0.3, -0.25) is 4.90 Å². The summed E-state index contributed by atoms with van der Waals surface area (Å²) in [6.45, 7) is 9.05. The van der Waals surface area contributed by atoms with Gasteiger partial charge >= 0.3 is 0 Å². The number of nitrogens with zero attached hydrogens (tertiary/aromatic N) is 2. The second kappa shape index (κ2) is 5.28. The maximum Gasteiger partial charge on any atom is 0.252 e. The molecule has 4 nitrogen and oxygen atoms in total. The van der Waals surface area contributed by atoms with Gasteiger partial charge in [0.25, 0.3) is 10.0 Å². The summed E-state index contributed by atoms with van der Waals surface area (Å²) in [5.41, 5.74) is 0. The molecule has 2 rings (SSSR count). The summed E-state index contributed by atoms with van der Waals surface area (Å²) in [6, 6.07) is 4.06. The summed E-state index contributed by atoms with van der Waals surface area (Å²) in [6.07, 6.45) is 0. The fraction of sp³-hybridized carbons (Fsp3) is 0.667. The van der Waals surface area contributed by atoms with Crippen LogP contribution in [0.2, 0.25) is 0 Å². The fourth-order valence-corrected chi connectivity index (χ4v) is 5.00. The molecule has 1 saturated heterocycles. The van der Waals surface area contributed by atoms with Gasteiger partial charge in [0.15, 0.2) is 0 Å². The first-order valence-electron chi connectivity index (χ1n) is 6.22. The summed E-state index contributed by atoms with van der Waals surface area (Å²) in [5, 5.41) is 0. The van der Waals surface area contributed by atoms with Crippen LogP contribution in [0.3, 0.4) is 0 Å². The standard InChI is InChI=1S/C12H20N2O2S2/c1-10(2)13-6-8-14(9-7-13)18(15,16)12-5-4-11(3)17-12/h4-5,10H,6-9H2,1-3H3. The molecule has 0 spiro atoms. The third kappa shape index (κ3) is 2.77. The predicted molar refractivity (Wildman–Crippen MR) is 74.5 cm³/mol. The Bertz CT molecular complexity index is 500. The molecule has 0 saturated carbocycles. The zero-order valence-corrected chi connectivity index (χ0v) is 12.7. The Balaban J connectivity index is 2.09. The van der Waals surface area contributed by atoms with E-state index in [1.54, 1.807) is 10.4 Å². The van der Waals surface area contributed by atoms with E-state index < -0.39 is 10.0 Å². The molecule has 0 unspecified atom stereocenters. The van der Waals surface area contributed by atoms with Crippen molar-refractivity contribution in [1.82, 2.24) is 9.21 Å². The lowest BCUT2D eigenvalue weighted by molar-refractivity contribution is 0.154. The van der Waals surface area contributed by atoms with E-state index >= 15 is 0 Å². The molecule has 1 aromatic heterocycles. The van der Waals surface area contributed by atoms with Gasteiger partial charge in [-0.2, -0.15) is 4.31 Å². The van der Waals surface area contributed by atoms with Crippen LogP contribution in [0.1, 0.15) is 18.7 Å². The van der Waals surface area contributed by atoms with E-state index in [0.29, 0.717) is 23.3 Å². The Morgan fingerprint density at radius 3 is 2.22 bits per heavy atom. The Labute approximate surface area is 113 Å². The molecule has 0 atom stereocenters. The zero-order valence-electron chi connectivity index (χ0n) is 11.1. The molecule has 0 aliphatic carbocycles. The van der Waals surface area contributed by atoms with Gasteiger partial charge in [-0.05, 0) is 32.9 Å². The monoisotopic (exact) mass is 288 g/mol. The molecular weight excluding hydrogens is 268 g/mol. The average molecular weight is 288 g/mol. The number of rotatable bonds is 3. The summed E-state index contributed by atoms with van der Waals surface area (Å²) in [5.74, 6) is 0. The van der Waals surface area contributed by atoms with Gasteiger partial charge in [0.1, 0.15) is 4.21 Å². The van der Waals surface area contributed by atoms with Crippen LogP contribution in [-0.4, -0.2) is 49.8 Å². The zero-order chi connectivity index (χ0) is 13.3. The molecule has 1 aliphatic rings. The quantitative estimate of drug-likeness (QED) is 0.851. The largest absolute Gasteiger partial charge is 0.298 e. The minimum Gasteiger partial charge on any atom is -0.298 e. The highest BCUT2D eigenvalue weighted by atomic mass is 32.2. The summed E-state index contributed by atoms with van der Waals surface area (Å²) < 4.78 is 26.9. The van der Waals surface area contributed by atoms with Crippen molar-refractivity contribution in [3.05, 3.63) is 17.0 Å². The first-order valence-corrected chi connectivity index (χ1v) is 8.47. The lowest BCUT2D eigenvalue weighted by atomic mass is 10.3. The Morgan fingerprint density at radius 1 is 1.17 bits per heavy atom. The molecule has 0 N–H and O–H groups in total. The predicted octanol–water partition coefficient (Wildman–Crippen LogP) is 1.77. The highest BCUT2D eigenvalue weighted by molar-refractivity contribution is 7.91. The Hall–Kier alpha value is -0.430. The van der Waals surface area contributed by atoms with Crippen molar-refractivity contribution >= 4 is 21.4 Å². The van der Waals surface area contributed by atoms with Gasteiger partial charge in [0.05, 0.1) is 0 Å². The third-order valence-electron chi connectivity index (χ3n) is 3.31. The highest BCUT2D eigenvalue weighted by Gasteiger charge is 2.29. The second-order valence-electron chi connectivity index (χ2n) is 4.90. The van der Waals surface area contributed by atoms with Gasteiger partial charge in [0.2, 0.25) is 0 Å². The molecule has 2 heterocycles. The van der Waals surface area contributed by atoms with Crippen molar-refractivity contribution in [2.45, 2.75) is 31.0 Å². The average Bonchev–Trinajstić information content (AvgIpc) is 2.76. The number of thiophene rings is 1. The van der Waals surface area contributed by atoms with Crippen molar-refractivity contribution < 1.29 is 8.42 Å². The van der Waals surface area contributed by atoms with Gasteiger partial charge in [0, 0.05) is 37.1 Å². The van der Waals surface area contributed by atoms with Crippen LogP contribution < -0.4 is 0 Å². The van der Waals surface area contributed by atoms with E-state index in [1.807, 2.05) is 13.0 Å². The smallest absolute Gasteiger partial charge is 0.252 e. The van der Waals surface area contributed by atoms with Crippen molar-refractivity contribution in [2.75, 3.05) is 26.2 Å². The Morgan fingerprint density at radius 2 is 1.78 bits per heavy atom. The van der Waals surface area contributed by atoms with Crippen LogP contribution in [0.5, 0.6) is 0 Å². The third-order valence-corrected chi connectivity index (χ3v) is 6.68. The molecule has 0 aromatic carbocycles. The molecular formula is C12H20N2O2S2. The van der Waals surface area contributed by atoms with E-state index in [2.05, 4.69) is 18.7 Å². The molecule has 1 aliphatic heterocycles. The maximum atomic E-state index is 12.4. The van der Waals surface area contributed by atoms with Crippen LogP contribution in [0.25, 0.3) is 0 Å². The SMILES string of the molecule is Cc1ccc(S(=O)(=O)N2CCN(C(C)C)CC2)s1.